The largest absolute Gasteiger partial charge is 0.486 e. The molecule has 4 heterocycles. The Bertz CT molecular complexity index is 1990. The van der Waals surface area contributed by atoms with Gasteiger partial charge in [-0.25, -0.2) is 4.98 Å². The summed E-state index contributed by atoms with van der Waals surface area (Å²) in [5.41, 5.74) is 10.6. The molecular formula is C42H47IrN3OSi-2. The van der Waals surface area contributed by atoms with E-state index in [0.29, 0.717) is 11.6 Å². The minimum Gasteiger partial charge on any atom is -0.486 e. The number of nitrogens with zero attached hydrogens (tertiary/aromatic N) is 3. The summed E-state index contributed by atoms with van der Waals surface area (Å²) in [7, 11) is -1.34. The zero-order valence-corrected chi connectivity index (χ0v) is 32.8. The maximum Gasteiger partial charge on any atom is 0.216 e. The molecule has 4 aromatic heterocycles. The van der Waals surface area contributed by atoms with Crippen LogP contribution in [0.5, 0.6) is 0 Å². The van der Waals surface area contributed by atoms with Crippen LogP contribution in [0.2, 0.25) is 19.6 Å². The van der Waals surface area contributed by atoms with Gasteiger partial charge in [-0.1, -0.05) is 93.4 Å². The summed E-state index contributed by atoms with van der Waals surface area (Å²) in [6.07, 6.45) is 11.9. The standard InChI is InChI=1S/C24H23N2O.C18H24NSi.Ir/c1-15-12-22(25-14-18(15)13-17-6-3-4-7-17)21-9-5-8-19-20-11-10-16(2)26-24(20)27-23(19)21;1-14(2)11-16-12-17(15-9-7-6-8-10-15)19-13-18(16)20(3,4)5;/h5,8,10-12,14,17H,3-4,6-7,13H2,1-2H3;6-9,12-14H,11H2,1-5H3;/q2*-1;. The van der Waals surface area contributed by atoms with Crippen LogP contribution in [0.15, 0.2) is 77.5 Å². The first-order chi connectivity index (χ1) is 22.6. The van der Waals surface area contributed by atoms with E-state index < -0.39 is 8.07 Å². The molecule has 0 atom stereocenters. The first-order valence-corrected chi connectivity index (χ1v) is 20.7. The van der Waals surface area contributed by atoms with E-state index in [1.165, 1.54) is 47.6 Å². The van der Waals surface area contributed by atoms with Gasteiger partial charge >= 0.3 is 0 Å². The summed E-state index contributed by atoms with van der Waals surface area (Å²) in [4.78, 5) is 14.0. The molecule has 1 aliphatic rings. The van der Waals surface area contributed by atoms with E-state index in [0.717, 1.165) is 63.3 Å². The van der Waals surface area contributed by atoms with Gasteiger partial charge in [-0.05, 0) is 72.8 Å². The molecule has 48 heavy (non-hydrogen) atoms. The molecule has 0 spiro atoms. The molecule has 6 heteroatoms. The molecule has 0 amide bonds. The second-order valence-corrected chi connectivity index (χ2v) is 19.7. The predicted molar refractivity (Wildman–Crippen MR) is 199 cm³/mol. The molecule has 6 aromatic rings. The predicted octanol–water partition coefficient (Wildman–Crippen LogP) is 10.5. The van der Waals surface area contributed by atoms with E-state index in [1.807, 2.05) is 43.3 Å². The smallest absolute Gasteiger partial charge is 0.216 e. The van der Waals surface area contributed by atoms with Gasteiger partial charge in [0.2, 0.25) is 5.71 Å². The van der Waals surface area contributed by atoms with Crippen LogP contribution in [-0.4, -0.2) is 23.0 Å². The van der Waals surface area contributed by atoms with Crippen LogP contribution in [0.4, 0.5) is 0 Å². The van der Waals surface area contributed by atoms with Gasteiger partial charge in [0.25, 0.3) is 0 Å². The van der Waals surface area contributed by atoms with Crippen LogP contribution >= 0.6 is 0 Å². The zero-order valence-electron chi connectivity index (χ0n) is 29.4. The van der Waals surface area contributed by atoms with Gasteiger partial charge < -0.3 is 14.4 Å². The maximum absolute atomic E-state index is 6.11. The van der Waals surface area contributed by atoms with E-state index >= 15 is 0 Å². The van der Waals surface area contributed by atoms with Gasteiger partial charge in [-0.2, -0.15) is 0 Å². The Balaban J connectivity index is 0.000000193. The van der Waals surface area contributed by atoms with E-state index in [4.69, 9.17) is 9.40 Å². The van der Waals surface area contributed by atoms with Crippen molar-refractivity contribution in [1.82, 2.24) is 15.0 Å². The number of aryl methyl sites for hydroxylation is 2. The Labute approximate surface area is 301 Å². The monoisotopic (exact) mass is 830 g/mol. The van der Waals surface area contributed by atoms with Crippen LogP contribution in [-0.2, 0) is 32.9 Å². The molecule has 2 aromatic carbocycles. The maximum atomic E-state index is 6.11. The molecule has 0 N–H and O–H groups in total. The minimum absolute atomic E-state index is 0. The number of hydrogen-bond donors (Lipinski definition) is 0. The summed E-state index contributed by atoms with van der Waals surface area (Å²) in [6.45, 7) is 15.9. The van der Waals surface area contributed by atoms with Crippen molar-refractivity contribution in [2.75, 3.05) is 0 Å². The second kappa shape index (κ2) is 15.4. The van der Waals surface area contributed by atoms with Gasteiger partial charge in [0.1, 0.15) is 0 Å². The van der Waals surface area contributed by atoms with Gasteiger partial charge in [-0.3, -0.25) is 0 Å². The Morgan fingerprint density at radius 1 is 0.854 bits per heavy atom. The average molecular weight is 830 g/mol. The van der Waals surface area contributed by atoms with Gasteiger partial charge in [0.15, 0.2) is 0 Å². The molecule has 4 nitrogen and oxygen atoms in total. The number of hydrogen-bond acceptors (Lipinski definition) is 4. The third kappa shape index (κ3) is 8.22. The van der Waals surface area contributed by atoms with E-state index in [2.05, 4.69) is 99.2 Å². The summed E-state index contributed by atoms with van der Waals surface area (Å²) in [5.74, 6) is 1.50. The van der Waals surface area contributed by atoms with Crippen LogP contribution in [0.25, 0.3) is 44.6 Å². The molecule has 0 saturated heterocycles. The number of pyridine rings is 3. The van der Waals surface area contributed by atoms with Crippen LogP contribution in [0.1, 0.15) is 61.9 Å². The third-order valence-electron chi connectivity index (χ3n) is 9.31. The van der Waals surface area contributed by atoms with E-state index in [9.17, 15) is 0 Å². The fourth-order valence-corrected chi connectivity index (χ4v) is 8.44. The SMILES string of the molecule is CC(C)Cc1cc(-c2[c-]cccc2)ncc1[Si](C)(C)C.Cc1ccc2c(n1)oc1c(-c3cc(C)c(CC4CCCC4)cn3)[c-]ccc12.[Ir]. The molecule has 0 aliphatic heterocycles. The van der Waals surface area contributed by atoms with Crippen molar-refractivity contribution in [1.29, 1.82) is 0 Å². The molecule has 1 saturated carbocycles. The summed E-state index contributed by atoms with van der Waals surface area (Å²) in [5, 5.41) is 3.60. The Hall–Kier alpha value is -3.44. The number of fused-ring (bicyclic) bond motifs is 3. The van der Waals surface area contributed by atoms with E-state index in [-0.39, 0.29) is 20.1 Å². The first kappa shape index (κ1) is 35.9. The number of rotatable bonds is 7. The normalized spacial score (nSPS) is 13.5. The van der Waals surface area contributed by atoms with Crippen LogP contribution < -0.4 is 5.19 Å². The molecule has 1 aliphatic carbocycles. The topological polar surface area (TPSA) is 51.8 Å². The molecular weight excluding hydrogens is 783 g/mol. The number of aromatic nitrogens is 3. The van der Waals surface area contributed by atoms with Gasteiger partial charge in [0, 0.05) is 43.6 Å². The average Bonchev–Trinajstić information content (AvgIpc) is 3.69. The Morgan fingerprint density at radius 3 is 2.31 bits per heavy atom. The van der Waals surface area contributed by atoms with Crippen LogP contribution in [0, 0.1) is 37.8 Å². The summed E-state index contributed by atoms with van der Waals surface area (Å²) in [6, 6.07) is 27.2. The van der Waals surface area contributed by atoms with Crippen molar-refractivity contribution in [2.24, 2.45) is 11.8 Å². The summed E-state index contributed by atoms with van der Waals surface area (Å²) < 4.78 is 6.11. The molecule has 0 unspecified atom stereocenters. The van der Waals surface area contributed by atoms with E-state index in [1.54, 1.807) is 0 Å². The van der Waals surface area contributed by atoms with Crippen LogP contribution in [0.3, 0.4) is 0 Å². The Morgan fingerprint density at radius 2 is 1.62 bits per heavy atom. The Kier molecular flexibility index (Phi) is 11.5. The van der Waals surface area contributed by atoms with Crippen molar-refractivity contribution >= 4 is 35.3 Å². The van der Waals surface area contributed by atoms with Gasteiger partial charge in [-0.15, -0.1) is 54.1 Å². The molecule has 251 valence electrons. The second-order valence-electron chi connectivity index (χ2n) is 14.7. The fourth-order valence-electron chi connectivity index (χ4n) is 6.85. The van der Waals surface area contributed by atoms with Crippen molar-refractivity contribution < 1.29 is 24.5 Å². The summed E-state index contributed by atoms with van der Waals surface area (Å²) >= 11 is 0. The quantitative estimate of drug-likeness (QED) is 0.119. The molecule has 1 radical (unpaired) electrons. The first-order valence-electron chi connectivity index (χ1n) is 17.2. The molecule has 1 fully saturated rings. The zero-order chi connectivity index (χ0) is 33.1. The third-order valence-corrected chi connectivity index (χ3v) is 11.4. The number of furan rings is 1. The molecule has 7 rings (SSSR count). The fraction of sp³-hybridized carbons (Fsp3) is 0.357. The number of benzene rings is 2. The van der Waals surface area contributed by atoms with Crippen molar-refractivity contribution in [2.45, 2.75) is 85.9 Å². The van der Waals surface area contributed by atoms with Gasteiger partial charge in [0.05, 0.1) is 13.7 Å². The van der Waals surface area contributed by atoms with Crippen molar-refractivity contribution in [3.8, 4) is 22.5 Å². The van der Waals surface area contributed by atoms with Crippen molar-refractivity contribution in [3.63, 3.8) is 0 Å². The minimum atomic E-state index is -1.34. The van der Waals surface area contributed by atoms with Crippen molar-refractivity contribution in [3.05, 3.63) is 108 Å². The molecule has 0 bridgehead atoms.